The fourth-order valence-electron chi connectivity index (χ4n) is 1.51. The summed E-state index contributed by atoms with van der Waals surface area (Å²) in [4.78, 5) is 12.9. The summed E-state index contributed by atoms with van der Waals surface area (Å²) >= 11 is 0. The van der Waals surface area contributed by atoms with Crippen molar-refractivity contribution in [3.8, 4) is 0 Å². The minimum Gasteiger partial charge on any atom is -0.395 e. The lowest BCUT2D eigenvalue weighted by molar-refractivity contribution is -0.117. The Bertz CT molecular complexity index is 147. The van der Waals surface area contributed by atoms with Gasteiger partial charge in [0, 0.05) is 25.4 Å². The molecule has 0 amide bonds. The monoisotopic (exact) mass is 157 g/mol. The predicted molar refractivity (Wildman–Crippen MR) is 42.4 cm³/mol. The summed E-state index contributed by atoms with van der Waals surface area (Å²) in [5.41, 5.74) is 0. The first-order chi connectivity index (χ1) is 5.24. The van der Waals surface area contributed by atoms with Gasteiger partial charge in [0.2, 0.25) is 0 Å². The lowest BCUT2D eigenvalue weighted by atomic mass is 10.2. The highest BCUT2D eigenvalue weighted by Gasteiger charge is 2.24. The molecule has 1 unspecified atom stereocenters. The van der Waals surface area contributed by atoms with Crippen molar-refractivity contribution in [1.82, 2.24) is 4.90 Å². The summed E-state index contributed by atoms with van der Waals surface area (Å²) in [6.45, 7) is 0.860. The second-order valence-electron chi connectivity index (χ2n) is 3.14. The quantitative estimate of drug-likeness (QED) is 0.628. The molecule has 1 N–H and O–H groups in total. The van der Waals surface area contributed by atoms with Crippen molar-refractivity contribution in [2.75, 3.05) is 20.2 Å². The van der Waals surface area contributed by atoms with Crippen LogP contribution in [0.15, 0.2) is 0 Å². The van der Waals surface area contributed by atoms with Gasteiger partial charge in [-0.05, 0) is 13.5 Å². The van der Waals surface area contributed by atoms with Gasteiger partial charge in [0.15, 0.2) is 0 Å². The largest absolute Gasteiger partial charge is 0.395 e. The molecule has 1 fully saturated rings. The molecule has 0 bridgehead atoms. The molecule has 0 radical (unpaired) electrons. The van der Waals surface area contributed by atoms with E-state index in [-0.39, 0.29) is 6.61 Å². The maximum absolute atomic E-state index is 10.9. The number of ketones is 1. The Morgan fingerprint density at radius 2 is 2.45 bits per heavy atom. The number of hydrogen-bond donors (Lipinski definition) is 1. The van der Waals surface area contributed by atoms with Crippen molar-refractivity contribution in [1.29, 1.82) is 0 Å². The van der Waals surface area contributed by atoms with Crippen molar-refractivity contribution < 1.29 is 9.90 Å². The maximum Gasteiger partial charge on any atom is 0.134 e. The zero-order valence-electron chi connectivity index (χ0n) is 6.92. The van der Waals surface area contributed by atoms with Gasteiger partial charge in [-0.2, -0.15) is 0 Å². The van der Waals surface area contributed by atoms with Crippen molar-refractivity contribution in [2.24, 2.45) is 0 Å². The zero-order valence-corrected chi connectivity index (χ0v) is 6.92. The number of carbonyl (C=O) groups is 1. The minimum absolute atomic E-state index is 0.182. The molecule has 0 spiro atoms. The van der Waals surface area contributed by atoms with Crippen LogP contribution in [0.3, 0.4) is 0 Å². The van der Waals surface area contributed by atoms with Crippen molar-refractivity contribution in [3.63, 3.8) is 0 Å². The highest BCUT2D eigenvalue weighted by atomic mass is 16.3. The molecule has 3 heteroatoms. The smallest absolute Gasteiger partial charge is 0.134 e. The predicted octanol–water partition coefficient (Wildman–Crippen LogP) is 0.0321. The maximum atomic E-state index is 10.9. The summed E-state index contributed by atoms with van der Waals surface area (Å²) in [6.07, 6.45) is 2.37. The van der Waals surface area contributed by atoms with E-state index < -0.39 is 0 Å². The van der Waals surface area contributed by atoms with E-state index in [4.69, 9.17) is 5.11 Å². The van der Waals surface area contributed by atoms with E-state index in [0.717, 1.165) is 12.8 Å². The van der Waals surface area contributed by atoms with Gasteiger partial charge in [0.25, 0.3) is 0 Å². The molecule has 0 saturated heterocycles. The van der Waals surface area contributed by atoms with E-state index in [2.05, 4.69) is 4.90 Å². The summed E-state index contributed by atoms with van der Waals surface area (Å²) in [6, 6.07) is 0.384. The van der Waals surface area contributed by atoms with Crippen LogP contribution in [0, 0.1) is 0 Å². The first-order valence-electron chi connectivity index (χ1n) is 4.07. The average molecular weight is 157 g/mol. The van der Waals surface area contributed by atoms with Gasteiger partial charge in [-0.1, -0.05) is 0 Å². The molecule has 0 aromatic carbocycles. The van der Waals surface area contributed by atoms with Crippen LogP contribution in [-0.2, 0) is 4.79 Å². The lowest BCUT2D eigenvalue weighted by Gasteiger charge is -2.21. The third-order valence-corrected chi connectivity index (χ3v) is 2.30. The molecular formula is C8H15NO2. The standard InChI is InChI=1S/C8H15NO2/c1-9(4-5-10)7-2-3-8(11)6-7/h7,10H,2-6H2,1H3. The minimum atomic E-state index is 0.182. The number of hydrogen-bond acceptors (Lipinski definition) is 3. The zero-order chi connectivity index (χ0) is 8.27. The molecule has 0 aliphatic heterocycles. The average Bonchev–Trinajstić information content (AvgIpc) is 2.36. The van der Waals surface area contributed by atoms with Crippen LogP contribution >= 0.6 is 0 Å². The van der Waals surface area contributed by atoms with Gasteiger partial charge in [-0.15, -0.1) is 0 Å². The van der Waals surface area contributed by atoms with E-state index in [1.807, 2.05) is 7.05 Å². The number of aliphatic hydroxyl groups is 1. The van der Waals surface area contributed by atoms with Crippen LogP contribution in [0.25, 0.3) is 0 Å². The van der Waals surface area contributed by atoms with Gasteiger partial charge in [0.05, 0.1) is 6.61 Å². The van der Waals surface area contributed by atoms with E-state index in [1.165, 1.54) is 0 Å². The Morgan fingerprint density at radius 1 is 1.73 bits per heavy atom. The third-order valence-electron chi connectivity index (χ3n) is 2.30. The van der Waals surface area contributed by atoms with E-state index in [9.17, 15) is 4.79 Å². The number of carbonyl (C=O) groups excluding carboxylic acids is 1. The summed E-state index contributed by atoms with van der Waals surface area (Å²) < 4.78 is 0. The first kappa shape index (κ1) is 8.68. The lowest BCUT2D eigenvalue weighted by Crippen LogP contribution is -2.31. The molecule has 0 aromatic heterocycles. The molecule has 1 atom stereocenters. The molecule has 3 nitrogen and oxygen atoms in total. The fourth-order valence-corrected chi connectivity index (χ4v) is 1.51. The van der Waals surface area contributed by atoms with Crippen molar-refractivity contribution >= 4 is 5.78 Å². The second kappa shape index (κ2) is 3.83. The van der Waals surface area contributed by atoms with Crippen LogP contribution in [0.4, 0.5) is 0 Å². The van der Waals surface area contributed by atoms with Crippen LogP contribution in [0.1, 0.15) is 19.3 Å². The molecule has 1 aliphatic rings. The number of nitrogens with zero attached hydrogens (tertiary/aromatic N) is 1. The van der Waals surface area contributed by atoms with Gasteiger partial charge in [0.1, 0.15) is 5.78 Å². The Hall–Kier alpha value is -0.410. The van der Waals surface area contributed by atoms with Crippen LogP contribution < -0.4 is 0 Å². The Morgan fingerprint density at radius 3 is 2.91 bits per heavy atom. The van der Waals surface area contributed by atoms with Gasteiger partial charge >= 0.3 is 0 Å². The molecule has 1 aliphatic carbocycles. The van der Waals surface area contributed by atoms with Gasteiger partial charge in [-0.25, -0.2) is 0 Å². The van der Waals surface area contributed by atoms with E-state index >= 15 is 0 Å². The van der Waals surface area contributed by atoms with Crippen molar-refractivity contribution in [2.45, 2.75) is 25.3 Å². The summed E-state index contributed by atoms with van der Waals surface area (Å²) in [5, 5.41) is 8.64. The highest BCUT2D eigenvalue weighted by molar-refractivity contribution is 5.81. The third kappa shape index (κ3) is 2.27. The SMILES string of the molecule is CN(CCO)C1CCC(=O)C1. The van der Waals surface area contributed by atoms with Gasteiger partial charge < -0.3 is 10.0 Å². The summed E-state index contributed by atoms with van der Waals surface area (Å²) in [5.74, 6) is 0.361. The first-order valence-corrected chi connectivity index (χ1v) is 4.07. The second-order valence-corrected chi connectivity index (χ2v) is 3.14. The molecule has 64 valence electrons. The molecule has 0 aromatic rings. The summed E-state index contributed by atoms with van der Waals surface area (Å²) in [7, 11) is 1.96. The number of aliphatic hydroxyl groups excluding tert-OH is 1. The Labute approximate surface area is 67.0 Å². The van der Waals surface area contributed by atoms with Gasteiger partial charge in [-0.3, -0.25) is 4.79 Å². The number of Topliss-reactive ketones (excluding diaryl/α,β-unsaturated/α-hetero) is 1. The van der Waals surface area contributed by atoms with Crippen LogP contribution in [0.5, 0.6) is 0 Å². The van der Waals surface area contributed by atoms with E-state index in [1.54, 1.807) is 0 Å². The molecular weight excluding hydrogens is 142 g/mol. The number of likely N-dealkylation sites (N-methyl/N-ethyl adjacent to an activating group) is 1. The van der Waals surface area contributed by atoms with E-state index in [0.29, 0.717) is 24.8 Å². The molecule has 1 rings (SSSR count). The number of rotatable bonds is 3. The van der Waals surface area contributed by atoms with Crippen LogP contribution in [0.2, 0.25) is 0 Å². The fraction of sp³-hybridized carbons (Fsp3) is 0.875. The highest BCUT2D eigenvalue weighted by Crippen LogP contribution is 2.18. The van der Waals surface area contributed by atoms with Crippen molar-refractivity contribution in [3.05, 3.63) is 0 Å². The molecule has 0 heterocycles. The Balaban J connectivity index is 2.30. The normalized spacial score (nSPS) is 25.0. The van der Waals surface area contributed by atoms with Crippen LogP contribution in [-0.4, -0.2) is 42.0 Å². The topological polar surface area (TPSA) is 40.5 Å². The molecule has 11 heavy (non-hydrogen) atoms. The Kier molecular flexibility index (Phi) is 3.02. The molecule has 1 saturated carbocycles.